The first-order valence-electron chi connectivity index (χ1n) is 6.59. The predicted molar refractivity (Wildman–Crippen MR) is 71.0 cm³/mol. The molecule has 3 nitrogen and oxygen atoms in total. The van der Waals surface area contributed by atoms with Crippen LogP contribution in [0.5, 0.6) is 11.5 Å². The second-order valence-corrected chi connectivity index (χ2v) is 5.03. The van der Waals surface area contributed by atoms with E-state index in [4.69, 9.17) is 9.47 Å². The van der Waals surface area contributed by atoms with Crippen molar-refractivity contribution in [3.05, 3.63) is 36.4 Å². The minimum absolute atomic E-state index is 0.347. The molecule has 0 radical (unpaired) electrons. The maximum Gasteiger partial charge on any atom is 0.231 e. The lowest BCUT2D eigenvalue weighted by atomic mass is 10.0. The molecule has 1 aromatic carbocycles. The van der Waals surface area contributed by atoms with Crippen LogP contribution >= 0.6 is 0 Å². The fourth-order valence-electron chi connectivity index (χ4n) is 2.46. The molecule has 1 unspecified atom stereocenters. The molecule has 0 saturated heterocycles. The van der Waals surface area contributed by atoms with E-state index in [9.17, 15) is 0 Å². The smallest absolute Gasteiger partial charge is 0.231 e. The van der Waals surface area contributed by atoms with Crippen LogP contribution in [0.25, 0.3) is 0 Å². The Hall–Kier alpha value is -1.48. The SMILES string of the molecule is C=CCNC(Cc1ccc2c(c1)OCO2)C1CC1. The van der Waals surface area contributed by atoms with Gasteiger partial charge >= 0.3 is 0 Å². The Morgan fingerprint density at radius 2 is 2.17 bits per heavy atom. The Morgan fingerprint density at radius 1 is 1.33 bits per heavy atom. The normalized spacial score (nSPS) is 18.7. The van der Waals surface area contributed by atoms with E-state index in [1.54, 1.807) is 0 Å². The van der Waals surface area contributed by atoms with Crippen molar-refractivity contribution in [2.75, 3.05) is 13.3 Å². The molecule has 1 fully saturated rings. The Labute approximate surface area is 108 Å². The molecule has 1 atom stereocenters. The van der Waals surface area contributed by atoms with Gasteiger partial charge in [-0.05, 0) is 42.9 Å². The van der Waals surface area contributed by atoms with Gasteiger partial charge in [0.25, 0.3) is 0 Å². The molecule has 1 N–H and O–H groups in total. The van der Waals surface area contributed by atoms with E-state index in [0.717, 1.165) is 30.4 Å². The van der Waals surface area contributed by atoms with Gasteiger partial charge in [0.15, 0.2) is 11.5 Å². The van der Waals surface area contributed by atoms with Crippen LogP contribution in [-0.4, -0.2) is 19.4 Å². The zero-order chi connectivity index (χ0) is 12.4. The summed E-state index contributed by atoms with van der Waals surface area (Å²) in [7, 11) is 0. The maximum absolute atomic E-state index is 5.42. The summed E-state index contributed by atoms with van der Waals surface area (Å²) >= 11 is 0. The molecule has 18 heavy (non-hydrogen) atoms. The lowest BCUT2D eigenvalue weighted by molar-refractivity contribution is 0.174. The minimum atomic E-state index is 0.347. The van der Waals surface area contributed by atoms with Crippen LogP contribution in [0, 0.1) is 5.92 Å². The number of hydrogen-bond acceptors (Lipinski definition) is 3. The molecule has 1 heterocycles. The van der Waals surface area contributed by atoms with Crippen LogP contribution < -0.4 is 14.8 Å². The molecule has 0 spiro atoms. The van der Waals surface area contributed by atoms with Crippen LogP contribution in [0.2, 0.25) is 0 Å². The van der Waals surface area contributed by atoms with Gasteiger partial charge in [0.05, 0.1) is 0 Å². The Bertz CT molecular complexity index is 440. The molecule has 1 aliphatic heterocycles. The van der Waals surface area contributed by atoms with Crippen LogP contribution in [0.1, 0.15) is 18.4 Å². The number of ether oxygens (including phenoxy) is 2. The summed E-state index contributed by atoms with van der Waals surface area (Å²) in [5.41, 5.74) is 1.31. The van der Waals surface area contributed by atoms with Crippen molar-refractivity contribution >= 4 is 0 Å². The average Bonchev–Trinajstić information content (AvgIpc) is 3.12. The number of nitrogens with one attached hydrogen (secondary N) is 1. The van der Waals surface area contributed by atoms with Crippen molar-refractivity contribution < 1.29 is 9.47 Å². The summed E-state index contributed by atoms with van der Waals surface area (Å²) in [6, 6.07) is 6.81. The summed E-state index contributed by atoms with van der Waals surface area (Å²) in [6.45, 7) is 5.00. The highest BCUT2D eigenvalue weighted by Gasteiger charge is 2.30. The van der Waals surface area contributed by atoms with E-state index in [0.29, 0.717) is 12.8 Å². The summed E-state index contributed by atoms with van der Waals surface area (Å²) in [5, 5.41) is 3.56. The van der Waals surface area contributed by atoms with E-state index in [1.807, 2.05) is 12.1 Å². The highest BCUT2D eigenvalue weighted by molar-refractivity contribution is 5.44. The maximum atomic E-state index is 5.42. The van der Waals surface area contributed by atoms with Crippen molar-refractivity contribution in [3.63, 3.8) is 0 Å². The second kappa shape index (κ2) is 5.02. The van der Waals surface area contributed by atoms with Gasteiger partial charge in [-0.3, -0.25) is 0 Å². The second-order valence-electron chi connectivity index (χ2n) is 5.03. The summed E-state index contributed by atoms with van der Waals surface area (Å²) in [5.74, 6) is 2.57. The number of hydrogen-bond donors (Lipinski definition) is 1. The monoisotopic (exact) mass is 245 g/mol. The predicted octanol–water partition coefficient (Wildman–Crippen LogP) is 2.51. The fraction of sp³-hybridized carbons (Fsp3) is 0.467. The van der Waals surface area contributed by atoms with E-state index >= 15 is 0 Å². The van der Waals surface area contributed by atoms with Crippen molar-refractivity contribution in [3.8, 4) is 11.5 Å². The molecule has 1 aliphatic carbocycles. The first-order chi connectivity index (χ1) is 8.86. The Kier molecular flexibility index (Phi) is 3.24. The molecule has 96 valence electrons. The molecule has 3 rings (SSSR count). The van der Waals surface area contributed by atoms with Gasteiger partial charge in [0, 0.05) is 12.6 Å². The zero-order valence-corrected chi connectivity index (χ0v) is 10.5. The van der Waals surface area contributed by atoms with Gasteiger partial charge < -0.3 is 14.8 Å². The summed E-state index contributed by atoms with van der Waals surface area (Å²) in [6.07, 6.45) is 5.67. The van der Waals surface area contributed by atoms with Crippen LogP contribution in [0.15, 0.2) is 30.9 Å². The summed E-state index contributed by atoms with van der Waals surface area (Å²) < 4.78 is 10.8. The average molecular weight is 245 g/mol. The molecule has 0 bridgehead atoms. The molecule has 1 saturated carbocycles. The van der Waals surface area contributed by atoms with E-state index in [2.05, 4.69) is 24.0 Å². The van der Waals surface area contributed by atoms with Crippen molar-refractivity contribution in [1.29, 1.82) is 0 Å². The van der Waals surface area contributed by atoms with Crippen LogP contribution in [0.4, 0.5) is 0 Å². The van der Waals surface area contributed by atoms with Gasteiger partial charge in [-0.15, -0.1) is 6.58 Å². The number of fused-ring (bicyclic) bond motifs is 1. The largest absolute Gasteiger partial charge is 0.454 e. The Balaban J connectivity index is 1.68. The molecule has 1 aromatic rings. The highest BCUT2D eigenvalue weighted by atomic mass is 16.7. The molecular weight excluding hydrogens is 226 g/mol. The minimum Gasteiger partial charge on any atom is -0.454 e. The first kappa shape index (κ1) is 11.6. The molecule has 0 aromatic heterocycles. The van der Waals surface area contributed by atoms with Gasteiger partial charge in [0.2, 0.25) is 6.79 Å². The summed E-state index contributed by atoms with van der Waals surface area (Å²) in [4.78, 5) is 0. The molecule has 3 heteroatoms. The van der Waals surface area contributed by atoms with Crippen LogP contribution in [0.3, 0.4) is 0 Å². The third-order valence-corrected chi connectivity index (χ3v) is 3.61. The molecule has 2 aliphatic rings. The van der Waals surface area contributed by atoms with Crippen molar-refractivity contribution in [2.24, 2.45) is 5.92 Å². The first-order valence-corrected chi connectivity index (χ1v) is 6.59. The molecular formula is C15H19NO2. The molecule has 0 amide bonds. The standard InChI is InChI=1S/C15H19NO2/c1-2-7-16-13(12-4-5-12)8-11-3-6-14-15(9-11)18-10-17-14/h2-3,6,9,12-13,16H,1,4-5,7-8,10H2. The van der Waals surface area contributed by atoms with Crippen molar-refractivity contribution in [1.82, 2.24) is 5.32 Å². The van der Waals surface area contributed by atoms with E-state index in [1.165, 1.54) is 18.4 Å². The third-order valence-electron chi connectivity index (χ3n) is 3.61. The number of benzene rings is 1. The zero-order valence-electron chi connectivity index (χ0n) is 10.5. The number of rotatable bonds is 6. The van der Waals surface area contributed by atoms with Crippen molar-refractivity contribution in [2.45, 2.75) is 25.3 Å². The van der Waals surface area contributed by atoms with Gasteiger partial charge in [-0.25, -0.2) is 0 Å². The lowest BCUT2D eigenvalue weighted by Crippen LogP contribution is -2.33. The lowest BCUT2D eigenvalue weighted by Gasteiger charge is -2.17. The van der Waals surface area contributed by atoms with E-state index < -0.39 is 0 Å². The van der Waals surface area contributed by atoms with Gasteiger partial charge in [-0.1, -0.05) is 12.1 Å². The van der Waals surface area contributed by atoms with Gasteiger partial charge in [0.1, 0.15) is 0 Å². The quantitative estimate of drug-likeness (QED) is 0.781. The topological polar surface area (TPSA) is 30.5 Å². The Morgan fingerprint density at radius 3 is 2.94 bits per heavy atom. The van der Waals surface area contributed by atoms with E-state index in [-0.39, 0.29) is 0 Å². The van der Waals surface area contributed by atoms with Gasteiger partial charge in [-0.2, -0.15) is 0 Å². The highest BCUT2D eigenvalue weighted by Crippen LogP contribution is 2.36. The third kappa shape index (κ3) is 2.51. The van der Waals surface area contributed by atoms with Crippen LogP contribution in [-0.2, 0) is 6.42 Å². The fourth-order valence-corrected chi connectivity index (χ4v) is 2.46.